The van der Waals surface area contributed by atoms with Gasteiger partial charge in [-0.05, 0) is 55.4 Å². The first kappa shape index (κ1) is 37.1. The molecule has 18 heteroatoms. The Morgan fingerprint density at radius 3 is 2.37 bits per heavy atom. The van der Waals surface area contributed by atoms with Crippen LogP contribution in [-0.4, -0.2) is 88.3 Å². The van der Waals surface area contributed by atoms with Gasteiger partial charge < -0.3 is 19.7 Å². The van der Waals surface area contributed by atoms with Crippen LogP contribution >= 0.6 is 11.3 Å². The highest BCUT2D eigenvalue weighted by Gasteiger charge is 2.61. The molecule has 52 heavy (non-hydrogen) atoms. The van der Waals surface area contributed by atoms with E-state index < -0.39 is 68.8 Å². The van der Waals surface area contributed by atoms with E-state index in [0.29, 0.717) is 35.0 Å². The van der Waals surface area contributed by atoms with Crippen LogP contribution in [0.2, 0.25) is 0 Å². The van der Waals surface area contributed by atoms with E-state index in [1.165, 1.54) is 27.1 Å². The van der Waals surface area contributed by atoms with E-state index in [2.05, 4.69) is 16.9 Å². The zero-order valence-corrected chi connectivity index (χ0v) is 30.9. The smallest absolute Gasteiger partial charge is 0.319 e. The second-order valence-corrected chi connectivity index (χ2v) is 16.6. The molecule has 3 amide bonds. The van der Waals surface area contributed by atoms with Gasteiger partial charge in [-0.1, -0.05) is 26.8 Å². The third-order valence-corrected chi connectivity index (χ3v) is 11.0. The highest BCUT2D eigenvalue weighted by molar-refractivity contribution is 7.87. The minimum Gasteiger partial charge on any atom is -0.497 e. The van der Waals surface area contributed by atoms with E-state index in [1.54, 1.807) is 50.9 Å². The summed E-state index contributed by atoms with van der Waals surface area (Å²) in [5.41, 5.74) is -0.801. The predicted molar refractivity (Wildman–Crippen MR) is 189 cm³/mol. The number of carbonyl (C=O) groups excluding carboxylic acids is 4. The summed E-state index contributed by atoms with van der Waals surface area (Å²) in [5.74, 6) is -4.25. The van der Waals surface area contributed by atoms with Gasteiger partial charge in [0.05, 0.1) is 13.2 Å². The molecular weight excluding hydrogens is 713 g/mol. The molecule has 1 aromatic carbocycles. The van der Waals surface area contributed by atoms with Crippen LogP contribution in [0.4, 0.5) is 0 Å². The van der Waals surface area contributed by atoms with E-state index in [1.807, 2.05) is 17.5 Å². The summed E-state index contributed by atoms with van der Waals surface area (Å²) < 4.78 is 36.3. The first-order valence-corrected chi connectivity index (χ1v) is 19.3. The molecule has 2 saturated carbocycles. The Hall–Kier alpha value is -4.68. The summed E-state index contributed by atoms with van der Waals surface area (Å²) >= 11 is 1.37. The highest BCUT2D eigenvalue weighted by Crippen LogP contribution is 2.45. The SMILES string of the molecule is C=C[C@@H]1C[C@@]1(NC(=O)[C@@H]1C[C@@H](n2nc(-c3ccc(OC)cc3)c(-c3nccs3)n2)CN1C(=O)[C@H](C(=O)OC1CCC1)C(C)(C)C)C(=O)NS(N)(=O)=O. The second-order valence-electron chi connectivity index (χ2n) is 14.5. The van der Waals surface area contributed by atoms with Crippen LogP contribution in [0.1, 0.15) is 58.9 Å². The van der Waals surface area contributed by atoms with Gasteiger partial charge >= 0.3 is 5.97 Å². The topological polar surface area (TPSA) is 218 Å². The fraction of sp³-hybridized carbons (Fsp3) is 0.500. The number of hydrogen-bond donors (Lipinski definition) is 3. The number of ether oxygens (including phenoxy) is 2. The summed E-state index contributed by atoms with van der Waals surface area (Å²) in [7, 11) is -2.88. The van der Waals surface area contributed by atoms with E-state index in [9.17, 15) is 27.6 Å². The van der Waals surface area contributed by atoms with Crippen LogP contribution < -0.4 is 19.9 Å². The minimum atomic E-state index is -4.45. The number of hydrogen-bond acceptors (Lipinski definition) is 12. The second kappa shape index (κ2) is 14.0. The highest BCUT2D eigenvalue weighted by atomic mass is 32.2. The van der Waals surface area contributed by atoms with Crippen molar-refractivity contribution in [1.29, 1.82) is 0 Å². The number of nitrogens with zero attached hydrogens (tertiary/aromatic N) is 5. The number of likely N-dealkylation sites (tertiary alicyclic amines) is 1. The van der Waals surface area contributed by atoms with Gasteiger partial charge in [-0.3, -0.25) is 19.2 Å². The molecule has 0 unspecified atom stereocenters. The summed E-state index contributed by atoms with van der Waals surface area (Å²) in [6.07, 6.45) is 5.23. The molecule has 6 rings (SSSR count). The number of benzene rings is 1. The Labute approximate surface area is 305 Å². The van der Waals surface area contributed by atoms with Crippen LogP contribution in [0.3, 0.4) is 0 Å². The number of rotatable bonds is 12. The molecule has 3 aromatic rings. The van der Waals surface area contributed by atoms with Crippen molar-refractivity contribution in [3.63, 3.8) is 0 Å². The Balaban J connectivity index is 1.37. The third kappa shape index (κ3) is 7.45. The molecule has 0 radical (unpaired) electrons. The lowest BCUT2D eigenvalue weighted by molar-refractivity contribution is -0.169. The van der Waals surface area contributed by atoms with E-state index >= 15 is 0 Å². The molecule has 5 atom stereocenters. The Morgan fingerprint density at radius 1 is 1.13 bits per heavy atom. The van der Waals surface area contributed by atoms with Crippen molar-refractivity contribution in [2.75, 3.05) is 13.7 Å². The molecule has 2 aliphatic carbocycles. The standard InChI is InChI=1S/C34H42N8O8S2/c1-6-20-17-34(20,32(46)40-52(35,47)48)37-28(43)24-16-21(18-41(24)30(44)25(33(2,3)4)31(45)50-23-8-7-9-23)42-38-26(19-10-12-22(49-5)13-11-19)27(39-42)29-36-14-15-51-29/h6,10-15,20-21,23-25H,1,7-9,16-18H2,2-5H3,(H,37,43)(H,40,46)(H2,35,47,48)/t20-,21-,24+,25-,34+/m1/s1. The molecule has 278 valence electrons. The molecule has 1 aliphatic heterocycles. The number of amides is 3. The Morgan fingerprint density at radius 2 is 1.83 bits per heavy atom. The molecule has 3 fully saturated rings. The van der Waals surface area contributed by atoms with Crippen molar-refractivity contribution >= 4 is 45.2 Å². The molecule has 16 nitrogen and oxygen atoms in total. The fourth-order valence-electron chi connectivity index (χ4n) is 6.66. The number of esters is 1. The summed E-state index contributed by atoms with van der Waals surface area (Å²) in [5, 5.41) is 19.9. The molecular formula is C34H42N8O8S2. The Bertz CT molecular complexity index is 1970. The molecule has 0 spiro atoms. The monoisotopic (exact) mass is 754 g/mol. The van der Waals surface area contributed by atoms with Gasteiger partial charge in [-0.2, -0.15) is 18.3 Å². The molecule has 0 bridgehead atoms. The first-order valence-electron chi connectivity index (χ1n) is 16.9. The van der Waals surface area contributed by atoms with Crippen LogP contribution in [0.25, 0.3) is 22.0 Å². The van der Waals surface area contributed by atoms with E-state index in [0.717, 1.165) is 12.0 Å². The first-order chi connectivity index (χ1) is 24.5. The van der Waals surface area contributed by atoms with Crippen molar-refractivity contribution in [2.24, 2.45) is 22.4 Å². The van der Waals surface area contributed by atoms with Crippen LogP contribution in [0.15, 0.2) is 48.5 Å². The van der Waals surface area contributed by atoms with Crippen LogP contribution in [0.5, 0.6) is 5.75 Å². The molecule has 3 aliphatic rings. The predicted octanol–water partition coefficient (Wildman–Crippen LogP) is 2.36. The van der Waals surface area contributed by atoms with Crippen molar-refractivity contribution < 1.29 is 37.1 Å². The van der Waals surface area contributed by atoms with Gasteiger partial charge in [0.15, 0.2) is 0 Å². The largest absolute Gasteiger partial charge is 0.497 e. The maximum Gasteiger partial charge on any atom is 0.319 e. The molecule has 3 heterocycles. The van der Waals surface area contributed by atoms with E-state index in [4.69, 9.17) is 24.8 Å². The minimum absolute atomic E-state index is 0.00575. The van der Waals surface area contributed by atoms with Gasteiger partial charge in [0.2, 0.25) is 11.8 Å². The van der Waals surface area contributed by atoms with E-state index in [-0.39, 0.29) is 25.5 Å². The van der Waals surface area contributed by atoms with Crippen molar-refractivity contribution in [2.45, 2.75) is 76.6 Å². The zero-order chi connectivity index (χ0) is 37.6. The quantitative estimate of drug-likeness (QED) is 0.139. The lowest BCUT2D eigenvalue weighted by atomic mass is 9.79. The summed E-state index contributed by atoms with van der Waals surface area (Å²) in [6.45, 7) is 8.91. The third-order valence-electron chi connectivity index (χ3n) is 9.79. The Kier molecular flexibility index (Phi) is 10.0. The zero-order valence-electron chi connectivity index (χ0n) is 29.3. The molecule has 1 saturated heterocycles. The van der Waals surface area contributed by atoms with Gasteiger partial charge in [0.1, 0.15) is 45.7 Å². The summed E-state index contributed by atoms with van der Waals surface area (Å²) in [6, 6.07) is 5.40. The van der Waals surface area contributed by atoms with Gasteiger partial charge in [0.25, 0.3) is 16.1 Å². The normalized spacial score (nSPS) is 23.6. The number of thiazole rings is 1. The number of methoxy groups -OCH3 is 1. The average Bonchev–Trinajstić information content (AvgIpc) is 3.50. The van der Waals surface area contributed by atoms with Crippen LogP contribution in [-0.2, 0) is 34.1 Å². The molecule has 2 aromatic heterocycles. The number of carbonyl (C=O) groups is 4. The van der Waals surface area contributed by atoms with Crippen molar-refractivity contribution in [3.8, 4) is 27.7 Å². The summed E-state index contributed by atoms with van der Waals surface area (Å²) in [4.78, 5) is 62.8. The number of nitrogens with one attached hydrogen (secondary N) is 2. The number of nitrogens with two attached hydrogens (primary N) is 1. The lowest BCUT2D eigenvalue weighted by Crippen LogP contribution is -2.58. The maximum atomic E-state index is 14.6. The van der Waals surface area contributed by atoms with Gasteiger partial charge in [-0.15, -0.1) is 23.0 Å². The van der Waals surface area contributed by atoms with Crippen molar-refractivity contribution in [1.82, 2.24) is 34.9 Å². The average molecular weight is 755 g/mol. The van der Waals surface area contributed by atoms with Gasteiger partial charge in [-0.25, -0.2) is 14.8 Å². The van der Waals surface area contributed by atoms with Gasteiger partial charge in [0, 0.05) is 36.0 Å². The lowest BCUT2D eigenvalue weighted by Gasteiger charge is -2.35. The fourth-order valence-corrected chi connectivity index (χ4v) is 7.72. The number of aromatic nitrogens is 4. The van der Waals surface area contributed by atoms with Crippen molar-refractivity contribution in [3.05, 3.63) is 48.5 Å². The van der Waals surface area contributed by atoms with Crippen LogP contribution in [0, 0.1) is 17.3 Å². The molecule has 4 N–H and O–H groups in total. The maximum absolute atomic E-state index is 14.6.